The predicted octanol–water partition coefficient (Wildman–Crippen LogP) is 2.38. The number of hydrogen-bond acceptors (Lipinski definition) is 2. The summed E-state index contributed by atoms with van der Waals surface area (Å²) < 4.78 is 7.43. The van der Waals surface area contributed by atoms with E-state index in [1.807, 2.05) is 11.3 Å². The molecule has 0 unspecified atom stereocenters. The van der Waals surface area contributed by atoms with Gasteiger partial charge in [-0.3, -0.25) is 0 Å². The maximum atomic E-state index is 6.09. The van der Waals surface area contributed by atoms with Crippen LogP contribution in [0.5, 0.6) is 0 Å². The first-order valence-corrected chi connectivity index (χ1v) is 4.57. The first-order valence-electron chi connectivity index (χ1n) is 4.23. The van der Waals surface area contributed by atoms with Gasteiger partial charge in [0.2, 0.25) is 0 Å². The van der Waals surface area contributed by atoms with Crippen LogP contribution in [0, 0.1) is 0 Å². The third-order valence-corrected chi connectivity index (χ3v) is 3.12. The molecular weight excluding hydrogens is 162 g/mol. The Kier molecular flexibility index (Phi) is 2.79. The molecule has 0 bridgehead atoms. The molecule has 1 saturated heterocycles. The molecule has 3 heteroatoms. The monoisotopic (exact) mass is 177 g/mol. The van der Waals surface area contributed by atoms with E-state index >= 15 is 0 Å². The largest absolute Gasteiger partial charge is 0.358 e. The summed E-state index contributed by atoms with van der Waals surface area (Å²) in [6.07, 6.45) is 1.99. The maximum absolute atomic E-state index is 6.09. The van der Waals surface area contributed by atoms with Gasteiger partial charge in [0.25, 0.3) is 0 Å². The summed E-state index contributed by atoms with van der Waals surface area (Å²) in [5.74, 6) is 0. The Labute approximate surface area is 73.6 Å². The van der Waals surface area contributed by atoms with Crippen LogP contribution >= 0.6 is 11.8 Å². The van der Waals surface area contributed by atoms with Crippen molar-refractivity contribution < 1.29 is 4.74 Å². The van der Waals surface area contributed by atoms with Gasteiger partial charge in [-0.1, -0.05) is 13.8 Å². The van der Waals surface area contributed by atoms with Crippen molar-refractivity contribution in [1.82, 2.24) is 4.42 Å². The lowest BCUT2D eigenvalue weighted by molar-refractivity contribution is -0.0355. The molecule has 0 aromatic rings. The molecule has 1 rings (SSSR count). The van der Waals surface area contributed by atoms with Gasteiger partial charge in [-0.2, -0.15) is 4.42 Å². The predicted molar refractivity (Wildman–Crippen MR) is 46.4 cm³/mol. The Bertz CT molecular complexity index is 142. The van der Waals surface area contributed by atoms with E-state index in [9.17, 15) is 0 Å². The molecule has 66 valence electrons. The van der Waals surface area contributed by atoms with Gasteiger partial charge in [0.1, 0.15) is 5.72 Å². The van der Waals surface area contributed by atoms with Crippen molar-refractivity contribution >= 4 is 11.8 Å². The lowest BCUT2D eigenvalue weighted by atomic mass is 10.2. The van der Waals surface area contributed by atoms with E-state index in [0.29, 0.717) is 6.04 Å². The third kappa shape index (κ3) is 1.53. The minimum absolute atomic E-state index is 0.234. The summed E-state index contributed by atoms with van der Waals surface area (Å²) in [6, 6.07) is 0.390. The van der Waals surface area contributed by atoms with Crippen LogP contribution < -0.4 is 0 Å². The van der Waals surface area contributed by atoms with Crippen molar-refractivity contribution in [3.05, 3.63) is 0 Å². The molecule has 2 atom stereocenters. The van der Waals surface area contributed by atoms with Crippen molar-refractivity contribution in [2.24, 2.45) is 0 Å². The van der Waals surface area contributed by atoms with Crippen molar-refractivity contribution in [1.29, 1.82) is 0 Å². The standard InChI is InChI=1S/C8H16ClNO/c1-4-7-6-11-8(3,5-2)10(7)9/h7H,4-6H2,1-3H3/t7-,8-/m1/s1. The van der Waals surface area contributed by atoms with Gasteiger partial charge in [0.15, 0.2) is 0 Å². The highest BCUT2D eigenvalue weighted by Gasteiger charge is 2.41. The summed E-state index contributed by atoms with van der Waals surface area (Å²) >= 11 is 6.09. The molecule has 1 aliphatic rings. The average Bonchev–Trinajstić information content (AvgIpc) is 2.31. The number of rotatable bonds is 2. The van der Waals surface area contributed by atoms with Crippen molar-refractivity contribution in [2.75, 3.05) is 6.61 Å². The lowest BCUT2D eigenvalue weighted by Crippen LogP contribution is -2.38. The van der Waals surface area contributed by atoms with E-state index in [2.05, 4.69) is 13.8 Å². The second-order valence-corrected chi connectivity index (χ2v) is 3.58. The Morgan fingerprint density at radius 1 is 1.64 bits per heavy atom. The summed E-state index contributed by atoms with van der Waals surface area (Å²) in [5, 5.41) is 0. The van der Waals surface area contributed by atoms with E-state index < -0.39 is 0 Å². The summed E-state index contributed by atoms with van der Waals surface area (Å²) in [5.41, 5.74) is -0.234. The zero-order valence-electron chi connectivity index (χ0n) is 7.43. The fraction of sp³-hybridized carbons (Fsp3) is 1.00. The average molecular weight is 178 g/mol. The number of halogens is 1. The maximum Gasteiger partial charge on any atom is 0.132 e. The van der Waals surface area contributed by atoms with Crippen LogP contribution in [0.1, 0.15) is 33.6 Å². The van der Waals surface area contributed by atoms with E-state index in [-0.39, 0.29) is 5.72 Å². The van der Waals surface area contributed by atoms with E-state index in [1.165, 1.54) is 0 Å². The molecule has 2 nitrogen and oxygen atoms in total. The van der Waals surface area contributed by atoms with Gasteiger partial charge >= 0.3 is 0 Å². The van der Waals surface area contributed by atoms with Gasteiger partial charge in [-0.15, -0.1) is 0 Å². The molecule has 0 amide bonds. The van der Waals surface area contributed by atoms with Gasteiger partial charge < -0.3 is 4.74 Å². The van der Waals surface area contributed by atoms with E-state index in [1.54, 1.807) is 0 Å². The van der Waals surface area contributed by atoms with Crippen LogP contribution in [-0.2, 0) is 4.74 Å². The fourth-order valence-corrected chi connectivity index (χ4v) is 1.68. The SMILES string of the molecule is CC[C@@H]1CO[C@](C)(CC)N1Cl. The smallest absolute Gasteiger partial charge is 0.132 e. The van der Waals surface area contributed by atoms with Gasteiger partial charge in [-0.05, 0) is 31.5 Å². The molecule has 11 heavy (non-hydrogen) atoms. The van der Waals surface area contributed by atoms with E-state index in [4.69, 9.17) is 16.5 Å². The van der Waals surface area contributed by atoms with Crippen LogP contribution in [0.4, 0.5) is 0 Å². The quantitative estimate of drug-likeness (QED) is 0.601. The molecule has 0 radical (unpaired) electrons. The molecule has 1 fully saturated rings. The minimum atomic E-state index is -0.234. The molecule has 0 aromatic carbocycles. The van der Waals surface area contributed by atoms with Crippen LogP contribution in [0.15, 0.2) is 0 Å². The first-order chi connectivity index (χ1) is 5.14. The molecule has 0 spiro atoms. The zero-order chi connectivity index (χ0) is 8.48. The Morgan fingerprint density at radius 3 is 2.55 bits per heavy atom. The molecule has 0 aromatic heterocycles. The number of ether oxygens (including phenoxy) is 1. The summed E-state index contributed by atoms with van der Waals surface area (Å²) in [7, 11) is 0. The highest BCUT2D eigenvalue weighted by Crippen LogP contribution is 2.33. The Balaban J connectivity index is 2.61. The Morgan fingerprint density at radius 2 is 2.27 bits per heavy atom. The van der Waals surface area contributed by atoms with Crippen LogP contribution in [0.25, 0.3) is 0 Å². The molecule has 1 aliphatic heterocycles. The van der Waals surface area contributed by atoms with Crippen molar-refractivity contribution in [3.63, 3.8) is 0 Å². The molecule has 1 heterocycles. The van der Waals surface area contributed by atoms with Gasteiger partial charge in [-0.25, -0.2) is 0 Å². The summed E-state index contributed by atoms with van der Waals surface area (Å²) in [6.45, 7) is 7.03. The summed E-state index contributed by atoms with van der Waals surface area (Å²) in [4.78, 5) is 0. The normalized spacial score (nSPS) is 39.8. The fourth-order valence-electron chi connectivity index (χ4n) is 1.32. The second-order valence-electron chi connectivity index (χ2n) is 3.21. The Hall–Kier alpha value is 0.210. The zero-order valence-corrected chi connectivity index (χ0v) is 8.19. The lowest BCUT2D eigenvalue weighted by Gasteiger charge is -2.28. The molecule has 0 saturated carbocycles. The van der Waals surface area contributed by atoms with E-state index in [0.717, 1.165) is 19.4 Å². The molecule has 0 N–H and O–H groups in total. The first kappa shape index (κ1) is 9.30. The highest BCUT2D eigenvalue weighted by molar-refractivity contribution is 6.14. The van der Waals surface area contributed by atoms with Crippen LogP contribution in [0.3, 0.4) is 0 Å². The van der Waals surface area contributed by atoms with Gasteiger partial charge in [0.05, 0.1) is 12.6 Å². The van der Waals surface area contributed by atoms with Crippen molar-refractivity contribution in [2.45, 2.75) is 45.4 Å². The number of nitrogens with zero attached hydrogens (tertiary/aromatic N) is 1. The van der Waals surface area contributed by atoms with Crippen LogP contribution in [-0.4, -0.2) is 22.8 Å². The molecular formula is C8H16ClNO. The second kappa shape index (κ2) is 3.30. The third-order valence-electron chi connectivity index (χ3n) is 2.49. The molecule has 0 aliphatic carbocycles. The topological polar surface area (TPSA) is 12.5 Å². The van der Waals surface area contributed by atoms with Gasteiger partial charge in [0, 0.05) is 0 Å². The minimum Gasteiger partial charge on any atom is -0.358 e. The van der Waals surface area contributed by atoms with Crippen molar-refractivity contribution in [3.8, 4) is 0 Å². The van der Waals surface area contributed by atoms with Crippen LogP contribution in [0.2, 0.25) is 0 Å². The number of hydrogen-bond donors (Lipinski definition) is 0. The highest BCUT2D eigenvalue weighted by atomic mass is 35.5.